The molecule has 1 heterocycles. The molecule has 1 aliphatic heterocycles. The van der Waals surface area contributed by atoms with Gasteiger partial charge in [-0.05, 0) is 13.0 Å². The van der Waals surface area contributed by atoms with E-state index in [9.17, 15) is 20.1 Å². The fourth-order valence-corrected chi connectivity index (χ4v) is 4.76. The van der Waals surface area contributed by atoms with E-state index < -0.39 is 51.8 Å². The predicted molar refractivity (Wildman–Crippen MR) is 89.6 cm³/mol. The summed E-state index contributed by atoms with van der Waals surface area (Å²) < 4.78 is 22.3. The van der Waals surface area contributed by atoms with E-state index in [0.29, 0.717) is 19.0 Å². The first-order valence-electron chi connectivity index (χ1n) is 8.18. The number of nitrogens with two attached hydrogens (primary N) is 1. The minimum atomic E-state index is -2.97. The normalized spacial score (nSPS) is 30.3. The molecule has 11 heteroatoms. The van der Waals surface area contributed by atoms with Gasteiger partial charge in [-0.15, -0.1) is 0 Å². The van der Waals surface area contributed by atoms with Gasteiger partial charge in [0.25, 0.3) is 0 Å². The van der Waals surface area contributed by atoms with Crippen LogP contribution in [0.5, 0.6) is 0 Å². The summed E-state index contributed by atoms with van der Waals surface area (Å²) in [5.41, 5.74) is 5.53. The van der Waals surface area contributed by atoms with Gasteiger partial charge in [0, 0.05) is 27.2 Å². The maximum Gasteiger partial charge on any atom is 0.500 e. The highest BCUT2D eigenvalue weighted by Crippen LogP contribution is 2.24. The Labute approximate surface area is 148 Å². The fourth-order valence-electron chi connectivity index (χ4n) is 2.75. The largest absolute Gasteiger partial charge is 0.500 e. The van der Waals surface area contributed by atoms with Crippen LogP contribution in [0.25, 0.3) is 0 Å². The van der Waals surface area contributed by atoms with Gasteiger partial charge in [-0.1, -0.05) is 0 Å². The number of hydrogen-bond donors (Lipinski definition) is 5. The summed E-state index contributed by atoms with van der Waals surface area (Å²) in [5.74, 6) is -0.391. The Kier molecular flexibility index (Phi) is 9.41. The average Bonchev–Trinajstić information content (AvgIpc) is 2.61. The minimum absolute atomic E-state index is 0.0519. The number of carbonyl (C=O) groups is 1. The quantitative estimate of drug-likeness (QED) is 0.260. The monoisotopic (exact) mass is 382 g/mol. The zero-order chi connectivity index (χ0) is 19.0. The van der Waals surface area contributed by atoms with Gasteiger partial charge in [0.15, 0.2) is 0 Å². The molecule has 148 valence electrons. The van der Waals surface area contributed by atoms with E-state index in [1.807, 2.05) is 0 Å². The Balaban J connectivity index is 2.86. The molecule has 0 saturated carbocycles. The zero-order valence-corrected chi connectivity index (χ0v) is 15.9. The van der Waals surface area contributed by atoms with Crippen molar-refractivity contribution < 1.29 is 38.1 Å². The van der Waals surface area contributed by atoms with Crippen LogP contribution >= 0.6 is 0 Å². The van der Waals surface area contributed by atoms with E-state index >= 15 is 0 Å². The maximum atomic E-state index is 11.4. The molecule has 25 heavy (non-hydrogen) atoms. The van der Waals surface area contributed by atoms with Crippen molar-refractivity contribution in [2.75, 3.05) is 34.0 Å². The molecule has 1 fully saturated rings. The standard InChI is InChI=1S/C14H30N2O8Si/c1-9(18)16-12-11(24-10(7-17)13(19)14(12)20)8-23-25(21-2,22-3)6-4-5-15/h10-14,17,19-20H,4-8,15H2,1-3H3,(H,16,18)/t10-,11?,12+,13-,14-/m1/s1. The van der Waals surface area contributed by atoms with Crippen molar-refractivity contribution in [3.8, 4) is 0 Å². The fraction of sp³-hybridized carbons (Fsp3) is 0.929. The van der Waals surface area contributed by atoms with Crippen molar-refractivity contribution in [2.45, 2.75) is 49.8 Å². The highest BCUT2D eigenvalue weighted by atomic mass is 28.4. The minimum Gasteiger partial charge on any atom is -0.394 e. The SMILES string of the molecule is CO[Si](CCCN)(OC)OCC1O[C@H](CO)[C@@H](O)[C@H](O)[C@H]1NC(C)=O. The van der Waals surface area contributed by atoms with Crippen LogP contribution in [0.3, 0.4) is 0 Å². The molecule has 0 aliphatic carbocycles. The molecule has 0 bridgehead atoms. The number of hydrogen-bond acceptors (Lipinski definition) is 9. The lowest BCUT2D eigenvalue weighted by molar-refractivity contribution is -0.203. The summed E-state index contributed by atoms with van der Waals surface area (Å²) in [6, 6.07) is -0.395. The summed E-state index contributed by atoms with van der Waals surface area (Å²) in [6.07, 6.45) is -3.78. The van der Waals surface area contributed by atoms with Gasteiger partial charge in [-0.3, -0.25) is 4.79 Å². The molecule has 0 aromatic heterocycles. The molecule has 1 saturated heterocycles. The molecule has 0 aromatic carbocycles. The maximum absolute atomic E-state index is 11.4. The van der Waals surface area contributed by atoms with Crippen LogP contribution in [0.15, 0.2) is 0 Å². The van der Waals surface area contributed by atoms with Crippen molar-refractivity contribution in [2.24, 2.45) is 5.73 Å². The molecule has 0 spiro atoms. The smallest absolute Gasteiger partial charge is 0.394 e. The van der Waals surface area contributed by atoms with Crippen LogP contribution < -0.4 is 11.1 Å². The molecule has 1 aliphatic rings. The highest BCUT2D eigenvalue weighted by Gasteiger charge is 2.47. The highest BCUT2D eigenvalue weighted by molar-refractivity contribution is 6.60. The van der Waals surface area contributed by atoms with E-state index in [4.69, 9.17) is 23.7 Å². The van der Waals surface area contributed by atoms with E-state index in [-0.39, 0.29) is 6.61 Å². The van der Waals surface area contributed by atoms with Crippen molar-refractivity contribution in [3.05, 3.63) is 0 Å². The third-order valence-electron chi connectivity index (χ3n) is 4.18. The molecule has 6 N–H and O–H groups in total. The molecule has 0 radical (unpaired) electrons. The number of amides is 1. The van der Waals surface area contributed by atoms with E-state index in [0.717, 1.165) is 0 Å². The third-order valence-corrected chi connectivity index (χ3v) is 6.99. The van der Waals surface area contributed by atoms with Gasteiger partial charge in [0.1, 0.15) is 24.4 Å². The number of aliphatic hydroxyl groups is 3. The van der Waals surface area contributed by atoms with Crippen LogP contribution in [-0.2, 0) is 22.8 Å². The van der Waals surface area contributed by atoms with Crippen LogP contribution in [0.4, 0.5) is 0 Å². The number of nitrogens with one attached hydrogen (secondary N) is 1. The summed E-state index contributed by atoms with van der Waals surface area (Å²) in [7, 11) is -0.00739. The van der Waals surface area contributed by atoms with Gasteiger partial charge in [-0.25, -0.2) is 0 Å². The Bertz CT molecular complexity index is 412. The predicted octanol–water partition coefficient (Wildman–Crippen LogP) is -2.43. The van der Waals surface area contributed by atoms with E-state index in [1.54, 1.807) is 0 Å². The third kappa shape index (κ3) is 5.94. The zero-order valence-electron chi connectivity index (χ0n) is 14.9. The Hall–Kier alpha value is -0.633. The van der Waals surface area contributed by atoms with Crippen molar-refractivity contribution in [1.82, 2.24) is 5.32 Å². The first-order chi connectivity index (χ1) is 11.8. The first-order valence-corrected chi connectivity index (χ1v) is 10.1. The summed E-state index contributed by atoms with van der Waals surface area (Å²) in [4.78, 5) is 11.4. The Morgan fingerprint density at radius 3 is 2.36 bits per heavy atom. The van der Waals surface area contributed by atoms with Gasteiger partial charge < -0.3 is 44.4 Å². The molecule has 1 unspecified atom stereocenters. The van der Waals surface area contributed by atoms with Crippen molar-refractivity contribution >= 4 is 14.7 Å². The van der Waals surface area contributed by atoms with Crippen molar-refractivity contribution in [1.29, 1.82) is 0 Å². The van der Waals surface area contributed by atoms with Gasteiger partial charge in [0.05, 0.1) is 19.3 Å². The first kappa shape index (κ1) is 22.4. The average molecular weight is 382 g/mol. The lowest BCUT2D eigenvalue weighted by atomic mass is 9.93. The van der Waals surface area contributed by atoms with Crippen LogP contribution in [0.1, 0.15) is 13.3 Å². The second-order valence-electron chi connectivity index (χ2n) is 5.90. The molecular weight excluding hydrogens is 352 g/mol. The Morgan fingerprint density at radius 1 is 1.24 bits per heavy atom. The molecule has 1 rings (SSSR count). The number of carbonyl (C=O) groups excluding carboxylic acids is 1. The second-order valence-corrected chi connectivity index (χ2v) is 8.87. The summed E-state index contributed by atoms with van der Waals surface area (Å²) in [5, 5.41) is 32.1. The van der Waals surface area contributed by atoms with E-state index in [1.165, 1.54) is 21.1 Å². The molecule has 1 amide bonds. The topological polar surface area (TPSA) is 153 Å². The number of ether oxygens (including phenoxy) is 1. The molecule has 0 aromatic rings. The van der Waals surface area contributed by atoms with Gasteiger partial charge >= 0.3 is 8.80 Å². The summed E-state index contributed by atoms with van der Waals surface area (Å²) >= 11 is 0. The van der Waals surface area contributed by atoms with Crippen LogP contribution in [0, 0.1) is 0 Å². The second kappa shape index (κ2) is 10.5. The lowest BCUT2D eigenvalue weighted by Gasteiger charge is -2.43. The summed E-state index contributed by atoms with van der Waals surface area (Å²) in [6.45, 7) is 1.21. The van der Waals surface area contributed by atoms with Crippen molar-refractivity contribution in [3.63, 3.8) is 0 Å². The molecular formula is C14H30N2O8Si. The van der Waals surface area contributed by atoms with Crippen LogP contribution in [-0.4, -0.2) is 94.5 Å². The molecule has 5 atom stereocenters. The molecule has 10 nitrogen and oxygen atoms in total. The number of rotatable bonds is 10. The lowest BCUT2D eigenvalue weighted by Crippen LogP contribution is -2.65. The Morgan fingerprint density at radius 2 is 1.88 bits per heavy atom. The van der Waals surface area contributed by atoms with E-state index in [2.05, 4.69) is 5.32 Å². The number of aliphatic hydroxyl groups excluding tert-OH is 3. The van der Waals surface area contributed by atoms with Gasteiger partial charge in [0.2, 0.25) is 5.91 Å². The van der Waals surface area contributed by atoms with Crippen LogP contribution in [0.2, 0.25) is 6.04 Å². The van der Waals surface area contributed by atoms with Gasteiger partial charge in [-0.2, -0.15) is 0 Å².